The number of aromatic nitrogens is 2. The molecule has 1 heterocycles. The van der Waals surface area contributed by atoms with Crippen molar-refractivity contribution in [2.24, 2.45) is 0 Å². The molecule has 0 saturated heterocycles. The Labute approximate surface area is 165 Å². The summed E-state index contributed by atoms with van der Waals surface area (Å²) in [4.78, 5) is 35.7. The van der Waals surface area contributed by atoms with E-state index >= 15 is 0 Å². The summed E-state index contributed by atoms with van der Waals surface area (Å²) in [5.41, 5.74) is -0.169. The molecule has 1 aromatic heterocycles. The van der Waals surface area contributed by atoms with Crippen molar-refractivity contribution in [3.8, 4) is 11.4 Å². The number of carbonyl (C=O) groups is 1. The highest BCUT2D eigenvalue weighted by Crippen LogP contribution is 2.22. The van der Waals surface area contributed by atoms with E-state index in [0.717, 1.165) is 0 Å². The number of para-hydroxylation sites is 2. The zero-order chi connectivity index (χ0) is 21.0. The Balaban J connectivity index is 1.96. The van der Waals surface area contributed by atoms with Crippen LogP contribution in [0.15, 0.2) is 59.4 Å². The van der Waals surface area contributed by atoms with E-state index in [1.165, 1.54) is 28.9 Å². The standard InChI is InChI=1S/C20H18N4O5/c1-3-29-15-10-8-14(9-11-15)21-20(26)19-18(25)12-13(2)23(22-19)16-6-4-5-7-17(16)24(27)28/h4-12H,3H2,1-2H3,(H,21,26). The van der Waals surface area contributed by atoms with Crippen LogP contribution >= 0.6 is 0 Å². The molecule has 0 aliphatic heterocycles. The van der Waals surface area contributed by atoms with Crippen LogP contribution in [0.4, 0.5) is 11.4 Å². The predicted octanol–water partition coefficient (Wildman–Crippen LogP) is 3.10. The number of benzene rings is 2. The van der Waals surface area contributed by atoms with Crippen molar-refractivity contribution < 1.29 is 14.5 Å². The quantitative estimate of drug-likeness (QED) is 0.507. The van der Waals surface area contributed by atoms with Crippen molar-refractivity contribution in [1.82, 2.24) is 9.78 Å². The zero-order valence-electron chi connectivity index (χ0n) is 15.8. The molecule has 0 aliphatic rings. The van der Waals surface area contributed by atoms with E-state index < -0.39 is 16.3 Å². The van der Waals surface area contributed by atoms with Gasteiger partial charge in [0.25, 0.3) is 11.6 Å². The summed E-state index contributed by atoms with van der Waals surface area (Å²) in [6.07, 6.45) is 0. The molecular formula is C20H18N4O5. The maximum atomic E-state index is 12.6. The first-order valence-corrected chi connectivity index (χ1v) is 8.79. The number of nitrogens with one attached hydrogen (secondary N) is 1. The molecule has 0 saturated carbocycles. The number of rotatable bonds is 6. The topological polar surface area (TPSA) is 116 Å². The Bertz CT molecular complexity index is 1120. The molecule has 148 valence electrons. The van der Waals surface area contributed by atoms with Crippen LogP contribution < -0.4 is 15.5 Å². The third-order valence-corrected chi connectivity index (χ3v) is 4.05. The van der Waals surface area contributed by atoms with E-state index in [1.807, 2.05) is 6.92 Å². The molecule has 29 heavy (non-hydrogen) atoms. The van der Waals surface area contributed by atoms with E-state index in [1.54, 1.807) is 37.3 Å². The summed E-state index contributed by atoms with van der Waals surface area (Å²) < 4.78 is 6.56. The van der Waals surface area contributed by atoms with Gasteiger partial charge in [-0.2, -0.15) is 5.10 Å². The molecule has 0 unspecified atom stereocenters. The van der Waals surface area contributed by atoms with Crippen LogP contribution in [0.25, 0.3) is 5.69 Å². The lowest BCUT2D eigenvalue weighted by Gasteiger charge is -2.12. The van der Waals surface area contributed by atoms with Gasteiger partial charge in [-0.3, -0.25) is 19.7 Å². The van der Waals surface area contributed by atoms with Crippen LogP contribution in [0.5, 0.6) is 5.75 Å². The summed E-state index contributed by atoms with van der Waals surface area (Å²) in [5.74, 6) is -0.0656. The first-order valence-electron chi connectivity index (χ1n) is 8.79. The molecule has 0 bridgehead atoms. The van der Waals surface area contributed by atoms with Gasteiger partial charge in [-0.05, 0) is 44.2 Å². The number of nitro benzene ring substituents is 1. The van der Waals surface area contributed by atoms with Gasteiger partial charge in [0.1, 0.15) is 11.4 Å². The van der Waals surface area contributed by atoms with Gasteiger partial charge in [0, 0.05) is 23.5 Å². The summed E-state index contributed by atoms with van der Waals surface area (Å²) >= 11 is 0. The number of hydrogen-bond donors (Lipinski definition) is 1. The minimum Gasteiger partial charge on any atom is -0.494 e. The van der Waals surface area contributed by atoms with Gasteiger partial charge < -0.3 is 10.1 Å². The van der Waals surface area contributed by atoms with Gasteiger partial charge in [-0.1, -0.05) is 12.1 Å². The number of nitro groups is 1. The van der Waals surface area contributed by atoms with Crippen molar-refractivity contribution in [2.75, 3.05) is 11.9 Å². The van der Waals surface area contributed by atoms with Crippen molar-refractivity contribution in [3.63, 3.8) is 0 Å². The smallest absolute Gasteiger partial charge is 0.294 e. The van der Waals surface area contributed by atoms with E-state index in [4.69, 9.17) is 4.74 Å². The van der Waals surface area contributed by atoms with E-state index in [2.05, 4.69) is 10.4 Å². The molecule has 0 radical (unpaired) electrons. The Kier molecular flexibility index (Phi) is 5.68. The number of carbonyl (C=O) groups excluding carboxylic acids is 1. The first kappa shape index (κ1) is 19.7. The second kappa shape index (κ2) is 8.34. The second-order valence-corrected chi connectivity index (χ2v) is 6.07. The number of nitrogens with zero attached hydrogens (tertiary/aromatic N) is 3. The maximum absolute atomic E-state index is 12.6. The fourth-order valence-corrected chi connectivity index (χ4v) is 2.74. The first-order chi connectivity index (χ1) is 13.9. The minimum absolute atomic E-state index is 0.158. The normalized spacial score (nSPS) is 10.4. The fraction of sp³-hybridized carbons (Fsp3) is 0.150. The lowest BCUT2D eigenvalue weighted by atomic mass is 10.2. The number of amides is 1. The Morgan fingerprint density at radius 1 is 1.21 bits per heavy atom. The third-order valence-electron chi connectivity index (χ3n) is 4.05. The highest BCUT2D eigenvalue weighted by Gasteiger charge is 2.20. The third kappa shape index (κ3) is 4.29. The van der Waals surface area contributed by atoms with Gasteiger partial charge in [-0.15, -0.1) is 0 Å². The monoisotopic (exact) mass is 394 g/mol. The highest BCUT2D eigenvalue weighted by molar-refractivity contribution is 6.02. The Morgan fingerprint density at radius 3 is 2.55 bits per heavy atom. The number of hydrogen-bond acceptors (Lipinski definition) is 6. The average Bonchev–Trinajstić information content (AvgIpc) is 2.69. The molecule has 1 N–H and O–H groups in total. The largest absolute Gasteiger partial charge is 0.494 e. The van der Waals surface area contributed by atoms with Gasteiger partial charge >= 0.3 is 0 Å². The molecule has 3 aromatic rings. The molecule has 1 amide bonds. The predicted molar refractivity (Wildman–Crippen MR) is 107 cm³/mol. The molecule has 0 atom stereocenters. The van der Waals surface area contributed by atoms with E-state index in [9.17, 15) is 19.7 Å². The summed E-state index contributed by atoms with van der Waals surface area (Å²) in [6, 6.07) is 13.8. The zero-order valence-corrected chi connectivity index (χ0v) is 15.8. The molecule has 3 rings (SSSR count). The lowest BCUT2D eigenvalue weighted by molar-refractivity contribution is -0.384. The summed E-state index contributed by atoms with van der Waals surface area (Å²) in [7, 11) is 0. The Hall–Kier alpha value is -4.01. The molecule has 9 heteroatoms. The molecular weight excluding hydrogens is 376 g/mol. The maximum Gasteiger partial charge on any atom is 0.294 e. The van der Waals surface area contributed by atoms with Gasteiger partial charge in [0.15, 0.2) is 5.69 Å². The molecule has 9 nitrogen and oxygen atoms in total. The van der Waals surface area contributed by atoms with Crippen molar-refractivity contribution in [3.05, 3.63) is 86.3 Å². The number of ether oxygens (including phenoxy) is 1. The molecule has 2 aromatic carbocycles. The fourth-order valence-electron chi connectivity index (χ4n) is 2.74. The summed E-state index contributed by atoms with van der Waals surface area (Å²) in [6.45, 7) is 3.96. The average molecular weight is 394 g/mol. The summed E-state index contributed by atoms with van der Waals surface area (Å²) in [5, 5.41) is 18.0. The van der Waals surface area contributed by atoms with Crippen LogP contribution in [0.3, 0.4) is 0 Å². The van der Waals surface area contributed by atoms with Gasteiger partial charge in [0.2, 0.25) is 5.43 Å². The SMILES string of the molecule is CCOc1ccc(NC(=O)c2nn(-c3ccccc3[N+](=O)[O-])c(C)cc2=O)cc1. The number of anilines is 1. The number of aryl methyl sites for hydroxylation is 1. The minimum atomic E-state index is -0.716. The molecule has 0 aliphatic carbocycles. The van der Waals surface area contributed by atoms with Crippen LogP contribution in [0.2, 0.25) is 0 Å². The van der Waals surface area contributed by atoms with Crippen molar-refractivity contribution in [2.45, 2.75) is 13.8 Å². The van der Waals surface area contributed by atoms with Crippen LogP contribution in [0, 0.1) is 17.0 Å². The highest BCUT2D eigenvalue weighted by atomic mass is 16.6. The van der Waals surface area contributed by atoms with Crippen LogP contribution in [0.1, 0.15) is 23.1 Å². The van der Waals surface area contributed by atoms with Crippen molar-refractivity contribution >= 4 is 17.3 Å². The molecule has 0 fully saturated rings. The van der Waals surface area contributed by atoms with Crippen molar-refractivity contribution in [1.29, 1.82) is 0 Å². The Morgan fingerprint density at radius 2 is 1.90 bits per heavy atom. The van der Waals surface area contributed by atoms with Gasteiger partial charge in [-0.25, -0.2) is 4.68 Å². The molecule has 0 spiro atoms. The van der Waals surface area contributed by atoms with Crippen LogP contribution in [-0.2, 0) is 0 Å². The van der Waals surface area contributed by atoms with Crippen LogP contribution in [-0.4, -0.2) is 27.2 Å². The second-order valence-electron chi connectivity index (χ2n) is 6.07. The lowest BCUT2D eigenvalue weighted by Crippen LogP contribution is -2.27. The van der Waals surface area contributed by atoms with Gasteiger partial charge in [0.05, 0.1) is 11.5 Å². The van der Waals surface area contributed by atoms with E-state index in [-0.39, 0.29) is 17.1 Å². The van der Waals surface area contributed by atoms with E-state index in [0.29, 0.717) is 23.7 Å².